The number of hydrogen-bond donors (Lipinski definition) is 0. The van der Waals surface area contributed by atoms with Crippen LogP contribution in [0.5, 0.6) is 11.5 Å². The van der Waals surface area contributed by atoms with Crippen molar-refractivity contribution in [2.75, 3.05) is 14.2 Å². The molecule has 0 unspecified atom stereocenters. The van der Waals surface area contributed by atoms with Crippen LogP contribution in [0.2, 0.25) is 0 Å². The van der Waals surface area contributed by atoms with E-state index in [0.29, 0.717) is 11.5 Å². The molecule has 0 saturated carbocycles. The highest BCUT2D eigenvalue weighted by Gasteiger charge is 2.10. The van der Waals surface area contributed by atoms with E-state index in [0.717, 1.165) is 30.1 Å². The van der Waals surface area contributed by atoms with Crippen LogP contribution in [0.3, 0.4) is 0 Å². The molecule has 2 rings (SSSR count). The van der Waals surface area contributed by atoms with Gasteiger partial charge in [-0.05, 0) is 24.6 Å². The van der Waals surface area contributed by atoms with E-state index in [-0.39, 0.29) is 0 Å². The van der Waals surface area contributed by atoms with Gasteiger partial charge in [0.2, 0.25) is 0 Å². The predicted octanol–water partition coefficient (Wildman–Crippen LogP) is 5.26. The first-order valence-electron chi connectivity index (χ1n) is 8.45. The van der Waals surface area contributed by atoms with E-state index < -0.39 is 0 Å². The molecular formula is C19H27NO3. The molecule has 0 saturated heterocycles. The van der Waals surface area contributed by atoms with Crippen LogP contribution in [-0.4, -0.2) is 19.2 Å². The quantitative estimate of drug-likeness (QED) is 0.560. The molecule has 0 aliphatic carbocycles. The molecule has 0 atom stereocenters. The van der Waals surface area contributed by atoms with E-state index in [2.05, 4.69) is 11.9 Å². The van der Waals surface area contributed by atoms with Gasteiger partial charge < -0.3 is 13.9 Å². The van der Waals surface area contributed by atoms with Crippen LogP contribution in [0.15, 0.2) is 28.8 Å². The van der Waals surface area contributed by atoms with Gasteiger partial charge in [0.1, 0.15) is 0 Å². The summed E-state index contributed by atoms with van der Waals surface area (Å²) in [6.45, 7) is 2.24. The summed E-state index contributed by atoms with van der Waals surface area (Å²) in [6, 6.07) is 5.74. The van der Waals surface area contributed by atoms with Crippen molar-refractivity contribution in [2.24, 2.45) is 0 Å². The van der Waals surface area contributed by atoms with Crippen LogP contribution in [0, 0.1) is 0 Å². The number of methoxy groups -OCH3 is 2. The smallest absolute Gasteiger partial charge is 0.194 e. The number of hydrogen-bond acceptors (Lipinski definition) is 4. The summed E-state index contributed by atoms with van der Waals surface area (Å²) in [5.74, 6) is 2.99. The second kappa shape index (κ2) is 9.23. The summed E-state index contributed by atoms with van der Waals surface area (Å²) in [5, 5.41) is 0. The largest absolute Gasteiger partial charge is 0.493 e. The normalized spacial score (nSPS) is 10.7. The van der Waals surface area contributed by atoms with Crippen LogP contribution >= 0.6 is 0 Å². The fraction of sp³-hybridized carbons (Fsp3) is 0.526. The lowest BCUT2D eigenvalue weighted by molar-refractivity contribution is 0.355. The van der Waals surface area contributed by atoms with E-state index in [9.17, 15) is 0 Å². The third kappa shape index (κ3) is 5.02. The first-order chi connectivity index (χ1) is 11.3. The molecule has 0 fully saturated rings. The summed E-state index contributed by atoms with van der Waals surface area (Å²) in [7, 11) is 3.26. The van der Waals surface area contributed by atoms with Gasteiger partial charge in [-0.1, -0.05) is 39.0 Å². The van der Waals surface area contributed by atoms with Crippen molar-refractivity contribution in [1.82, 2.24) is 4.98 Å². The summed E-state index contributed by atoms with van der Waals surface area (Å²) in [5.41, 5.74) is 0.948. The zero-order chi connectivity index (χ0) is 16.5. The monoisotopic (exact) mass is 317 g/mol. The standard InChI is InChI=1S/C19H27NO3/c1-4-5-6-7-8-9-10-19-20-14-18(23-19)15-11-12-16(21-2)17(13-15)22-3/h11-14H,4-10H2,1-3H3. The molecule has 1 aromatic heterocycles. The molecule has 4 nitrogen and oxygen atoms in total. The number of aromatic nitrogens is 1. The van der Waals surface area contributed by atoms with Crippen LogP contribution in [0.25, 0.3) is 11.3 Å². The highest BCUT2D eigenvalue weighted by atomic mass is 16.5. The number of oxazole rings is 1. The molecule has 0 aliphatic heterocycles. The van der Waals surface area contributed by atoms with Gasteiger partial charge in [0.05, 0.1) is 20.4 Å². The maximum Gasteiger partial charge on any atom is 0.194 e. The van der Waals surface area contributed by atoms with E-state index in [4.69, 9.17) is 13.9 Å². The second-order valence-corrected chi connectivity index (χ2v) is 5.71. The fourth-order valence-electron chi connectivity index (χ4n) is 2.61. The Bertz CT molecular complexity index is 592. The minimum absolute atomic E-state index is 0.693. The van der Waals surface area contributed by atoms with Gasteiger partial charge in [0.15, 0.2) is 23.1 Å². The lowest BCUT2D eigenvalue weighted by Crippen LogP contribution is -1.90. The van der Waals surface area contributed by atoms with Crippen molar-refractivity contribution >= 4 is 0 Å². The van der Waals surface area contributed by atoms with E-state index >= 15 is 0 Å². The van der Waals surface area contributed by atoms with Gasteiger partial charge in [0.25, 0.3) is 0 Å². The summed E-state index contributed by atoms with van der Waals surface area (Å²) < 4.78 is 16.4. The predicted molar refractivity (Wildman–Crippen MR) is 92.1 cm³/mol. The van der Waals surface area contributed by atoms with Crippen molar-refractivity contribution in [2.45, 2.75) is 51.9 Å². The Morgan fingerprint density at radius 1 is 0.957 bits per heavy atom. The lowest BCUT2D eigenvalue weighted by Gasteiger charge is -2.08. The van der Waals surface area contributed by atoms with E-state index in [1.54, 1.807) is 20.4 Å². The third-order valence-corrected chi connectivity index (χ3v) is 3.97. The number of rotatable bonds is 10. The number of ether oxygens (including phenoxy) is 2. The molecule has 0 amide bonds. The molecule has 2 aromatic rings. The fourth-order valence-corrected chi connectivity index (χ4v) is 2.61. The molecule has 1 heterocycles. The molecule has 4 heteroatoms. The number of unbranched alkanes of at least 4 members (excludes halogenated alkanes) is 5. The highest BCUT2D eigenvalue weighted by molar-refractivity contribution is 5.62. The molecule has 0 radical (unpaired) electrons. The van der Waals surface area contributed by atoms with Crippen molar-refractivity contribution in [1.29, 1.82) is 0 Å². The Morgan fingerprint density at radius 3 is 2.43 bits per heavy atom. The number of aryl methyl sites for hydroxylation is 1. The van der Waals surface area contributed by atoms with Crippen LogP contribution in [-0.2, 0) is 6.42 Å². The minimum atomic E-state index is 0.693. The average Bonchev–Trinajstić information content (AvgIpc) is 3.06. The Morgan fingerprint density at radius 2 is 1.70 bits per heavy atom. The van der Waals surface area contributed by atoms with Crippen molar-refractivity contribution in [3.05, 3.63) is 30.3 Å². The van der Waals surface area contributed by atoms with Gasteiger partial charge in [-0.15, -0.1) is 0 Å². The topological polar surface area (TPSA) is 44.5 Å². The average molecular weight is 317 g/mol. The molecule has 0 aliphatic rings. The molecule has 23 heavy (non-hydrogen) atoms. The van der Waals surface area contributed by atoms with E-state index in [1.807, 2.05) is 18.2 Å². The van der Waals surface area contributed by atoms with Gasteiger partial charge in [-0.25, -0.2) is 4.98 Å². The number of benzene rings is 1. The van der Waals surface area contributed by atoms with Crippen LogP contribution < -0.4 is 9.47 Å². The molecule has 1 aromatic carbocycles. The molecular weight excluding hydrogens is 290 g/mol. The highest BCUT2D eigenvalue weighted by Crippen LogP contribution is 2.32. The maximum absolute atomic E-state index is 5.86. The Hall–Kier alpha value is -1.97. The molecule has 126 valence electrons. The van der Waals surface area contributed by atoms with Gasteiger partial charge >= 0.3 is 0 Å². The SMILES string of the molecule is CCCCCCCCc1ncc(-c2ccc(OC)c(OC)c2)o1. The van der Waals surface area contributed by atoms with Gasteiger partial charge in [-0.3, -0.25) is 0 Å². The van der Waals surface area contributed by atoms with E-state index in [1.165, 1.54) is 32.1 Å². The van der Waals surface area contributed by atoms with Crippen molar-refractivity contribution in [3.63, 3.8) is 0 Å². The Labute approximate surface area is 138 Å². The van der Waals surface area contributed by atoms with Gasteiger partial charge in [-0.2, -0.15) is 0 Å². The molecule has 0 spiro atoms. The minimum Gasteiger partial charge on any atom is -0.493 e. The molecule has 0 N–H and O–H groups in total. The van der Waals surface area contributed by atoms with Crippen LogP contribution in [0.4, 0.5) is 0 Å². The second-order valence-electron chi connectivity index (χ2n) is 5.71. The van der Waals surface area contributed by atoms with Crippen LogP contribution in [0.1, 0.15) is 51.3 Å². The third-order valence-electron chi connectivity index (χ3n) is 3.97. The zero-order valence-electron chi connectivity index (χ0n) is 14.4. The summed E-state index contributed by atoms with van der Waals surface area (Å²) >= 11 is 0. The lowest BCUT2D eigenvalue weighted by atomic mass is 10.1. The van der Waals surface area contributed by atoms with Crippen molar-refractivity contribution < 1.29 is 13.9 Å². The first kappa shape index (κ1) is 17.4. The Kier molecular flexibility index (Phi) is 6.98. The zero-order valence-corrected chi connectivity index (χ0v) is 14.4. The molecule has 0 bridgehead atoms. The number of nitrogens with zero attached hydrogens (tertiary/aromatic N) is 1. The summed E-state index contributed by atoms with van der Waals surface area (Å²) in [4.78, 5) is 4.39. The first-order valence-corrected chi connectivity index (χ1v) is 8.45. The maximum atomic E-state index is 5.86. The van der Waals surface area contributed by atoms with Gasteiger partial charge in [0, 0.05) is 12.0 Å². The summed E-state index contributed by atoms with van der Waals surface area (Å²) in [6.07, 6.45) is 10.3. The van der Waals surface area contributed by atoms with Crippen molar-refractivity contribution in [3.8, 4) is 22.8 Å². The Balaban J connectivity index is 1.91.